The van der Waals surface area contributed by atoms with Crippen LogP contribution in [0.15, 0.2) is 117 Å². The maximum absolute atomic E-state index is 14.4. The maximum atomic E-state index is 14.4. The van der Waals surface area contributed by atoms with E-state index in [1.54, 1.807) is 79.8 Å². The van der Waals surface area contributed by atoms with Crippen LogP contribution in [0.25, 0.3) is 89.7 Å². The molecule has 12 aromatic rings. The fraction of sp³-hybridized carbons (Fsp3) is 0.324. The minimum atomic E-state index is -4.53. The minimum Gasteiger partial charge on any atom is -0.358 e. The molecule has 41 heteroatoms. The lowest BCUT2D eigenvalue weighted by atomic mass is 9.76. The van der Waals surface area contributed by atoms with Crippen molar-refractivity contribution in [2.24, 2.45) is 11.8 Å². The van der Waals surface area contributed by atoms with Crippen LogP contribution in [0.1, 0.15) is 70.3 Å². The van der Waals surface area contributed by atoms with Gasteiger partial charge in [-0.1, -0.05) is 74.1 Å². The number of alkyl halides is 8. The zero-order valence-electron chi connectivity index (χ0n) is 59.7. The van der Waals surface area contributed by atoms with E-state index in [2.05, 4.69) is 106 Å². The molecule has 12 aromatic heterocycles. The van der Waals surface area contributed by atoms with E-state index in [1.165, 1.54) is 29.7 Å². The zero-order chi connectivity index (χ0) is 80.3. The highest BCUT2D eigenvalue weighted by molar-refractivity contribution is 6.32. The maximum Gasteiger partial charge on any atom is 0.405 e. The number of carbonyl (C=O) groups is 4. The molecule has 112 heavy (non-hydrogen) atoms. The molecule has 3 atom stereocenters. The molecule has 4 amide bonds. The summed E-state index contributed by atoms with van der Waals surface area (Å²) in [6, 6.07) is 9.86. The molecule has 0 aromatic carbocycles. The van der Waals surface area contributed by atoms with Crippen molar-refractivity contribution in [3.05, 3.63) is 143 Å². The first-order valence-electron chi connectivity index (χ1n) is 34.5. The quantitative estimate of drug-likeness (QED) is 0.0281. The third-order valence-electron chi connectivity index (χ3n) is 17.4. The van der Waals surface area contributed by atoms with Gasteiger partial charge < -0.3 is 62.1 Å². The highest BCUT2D eigenvalue weighted by Gasteiger charge is 2.46. The number of fused-ring (bicyclic) bond motifs is 4. The number of hydrogen-bond donors (Lipinski definition) is 11. The van der Waals surface area contributed by atoms with Gasteiger partial charge in [0.25, 0.3) is 6.43 Å². The minimum absolute atomic E-state index is 0. The lowest BCUT2D eigenvalue weighted by Crippen LogP contribution is -2.58. The number of aromatic nitrogens is 16. The monoisotopic (exact) mass is 1650 g/mol. The number of hydrogen-bond acceptors (Lipinski definition) is 20. The lowest BCUT2D eigenvalue weighted by molar-refractivity contribution is -0.142. The molecule has 1 aliphatic carbocycles. The number of nitrogens with zero attached hydrogens (tertiary/aromatic N) is 13. The Hall–Kier alpha value is -11.3. The molecule has 0 spiro atoms. The predicted octanol–water partition coefficient (Wildman–Crippen LogP) is 15.2. The molecule has 2 aliphatic rings. The fourth-order valence-corrected chi connectivity index (χ4v) is 12.4. The number of pyridine rings is 4. The Kier molecular flexibility index (Phi) is 25.8. The van der Waals surface area contributed by atoms with E-state index in [0.29, 0.717) is 119 Å². The molecule has 0 bridgehead atoms. The lowest BCUT2D eigenvalue weighted by Gasteiger charge is -2.41. The smallest absolute Gasteiger partial charge is 0.358 e. The van der Waals surface area contributed by atoms with Crippen LogP contribution in [-0.4, -0.2) is 179 Å². The van der Waals surface area contributed by atoms with Gasteiger partial charge in [-0.25, -0.2) is 73.0 Å². The van der Waals surface area contributed by atoms with Crippen molar-refractivity contribution < 1.29 is 68.7 Å². The van der Waals surface area contributed by atoms with E-state index < -0.39 is 79.6 Å². The Labute approximate surface area is 660 Å². The molecule has 0 radical (unpaired) electrons. The average molecular weight is 1650 g/mol. The Morgan fingerprint density at radius 2 is 0.938 bits per heavy atom. The standard InChI is InChI=1S/C18H16ClF3N6O.C18H19ClF2N6O.C18H21ClN6O.C17H13ClF4N6O.7H2/c19-10-6-11-12(8-25-14(11)24-7-10)15-23-5-2-13(27-15)28-17(3-1-4-17)16(29)26-9-18(20,21)22;1-9(2)15(18(28)25-8-13(20)21)26-14-3-4-22-17(27-14)12-7-24-16-11(12)5-10(19)6-23-16;1-4-20-18(26)15(10(2)3)24-14-5-6-21-17(25-14)13-9-23-16-12(13)7-11(19)8-22-16;18-8-3-9-10(5-24-13(9)23-4-8)14-25-6-11(19)15(27-14)28-2-1-12(28)16(29)26-7-17(20,21)22;;;;;;;/h2,5-8H,1,3-4,9H2,(H,24,25)(H,26,29)(H,23,27,28);3-7,9,13,15H,8H2,1-2H3,(H,23,24)(H,25,28)(H,22,26,27);5-10,15H,4H2,1-3H3,(H,20,26)(H,22,23)(H,21,24,25);3-6,12H,1-2,7H2,(H,23,24)(H,26,29);7*1H/t;2*15-;12-;;;;;;;/m.110......./s1. The Morgan fingerprint density at radius 1 is 0.545 bits per heavy atom. The van der Waals surface area contributed by atoms with Gasteiger partial charge in [0.2, 0.25) is 23.6 Å². The molecule has 28 nitrogen and oxygen atoms in total. The summed E-state index contributed by atoms with van der Waals surface area (Å²) in [7, 11) is 0. The number of carbonyl (C=O) groups excluding carboxylic acids is 4. The third kappa shape index (κ3) is 20.2. The summed E-state index contributed by atoms with van der Waals surface area (Å²) in [5.41, 5.74) is 4.11. The van der Waals surface area contributed by atoms with E-state index in [0.717, 1.165) is 34.3 Å². The summed E-state index contributed by atoms with van der Waals surface area (Å²) in [5, 5.41) is 22.9. The van der Waals surface area contributed by atoms with E-state index in [4.69, 9.17) is 46.4 Å². The number of amides is 4. The Bertz CT molecular complexity index is 5390. The van der Waals surface area contributed by atoms with E-state index >= 15 is 0 Å². The van der Waals surface area contributed by atoms with Gasteiger partial charge in [0.1, 0.15) is 76.8 Å². The van der Waals surface area contributed by atoms with Crippen molar-refractivity contribution in [1.29, 1.82) is 0 Å². The molecule has 11 N–H and O–H groups in total. The number of likely N-dealkylation sites (N-methyl/N-ethyl adjacent to an activating group) is 1. The predicted molar refractivity (Wildman–Crippen MR) is 420 cm³/mol. The molecule has 602 valence electrons. The third-order valence-corrected chi connectivity index (χ3v) is 18.3. The van der Waals surface area contributed by atoms with E-state index in [-0.39, 0.29) is 58.4 Å². The van der Waals surface area contributed by atoms with Gasteiger partial charge in [-0.3, -0.25) is 19.2 Å². The fourth-order valence-electron chi connectivity index (χ4n) is 11.7. The van der Waals surface area contributed by atoms with Crippen LogP contribution in [0.4, 0.5) is 62.8 Å². The topological polar surface area (TPSA) is 374 Å². The average Bonchev–Trinajstić information content (AvgIpc) is 1.42. The van der Waals surface area contributed by atoms with E-state index in [1.807, 2.05) is 51.3 Å². The number of aromatic amines is 4. The van der Waals surface area contributed by atoms with Gasteiger partial charge in [0.05, 0.1) is 32.8 Å². The van der Waals surface area contributed by atoms with Crippen LogP contribution in [0, 0.1) is 17.7 Å². The van der Waals surface area contributed by atoms with Gasteiger partial charge in [-0.15, -0.1) is 0 Å². The molecule has 2 fully saturated rings. The van der Waals surface area contributed by atoms with Crippen molar-refractivity contribution in [2.45, 2.75) is 103 Å². The summed E-state index contributed by atoms with van der Waals surface area (Å²) in [5.74, 6) is -0.248. The van der Waals surface area contributed by atoms with Crippen LogP contribution in [0.3, 0.4) is 0 Å². The normalized spacial score (nSPS) is 14.4. The van der Waals surface area contributed by atoms with Crippen LogP contribution in [0.5, 0.6) is 0 Å². The van der Waals surface area contributed by atoms with Gasteiger partial charge in [-0.05, 0) is 86.9 Å². The van der Waals surface area contributed by atoms with Crippen molar-refractivity contribution >= 4 is 137 Å². The van der Waals surface area contributed by atoms with Crippen molar-refractivity contribution in [1.82, 2.24) is 101 Å². The molecule has 14 rings (SSSR count). The molecular formula is C71H83Cl4F9N24O4. The summed E-state index contributed by atoms with van der Waals surface area (Å²) in [6.07, 6.45) is 8.87. The first-order chi connectivity index (χ1) is 53.3. The van der Waals surface area contributed by atoms with Gasteiger partial charge >= 0.3 is 12.4 Å². The summed E-state index contributed by atoms with van der Waals surface area (Å²) < 4.78 is 113. The number of halogens is 13. The zero-order valence-corrected chi connectivity index (χ0v) is 62.7. The first kappa shape index (κ1) is 81.7. The number of rotatable bonds is 22. The summed E-state index contributed by atoms with van der Waals surface area (Å²) >= 11 is 24.1. The number of nitrogens with one attached hydrogen (secondary N) is 11. The molecule has 1 saturated carbocycles. The van der Waals surface area contributed by atoms with Crippen molar-refractivity contribution in [2.75, 3.05) is 53.6 Å². The second-order valence-electron chi connectivity index (χ2n) is 26.1. The van der Waals surface area contributed by atoms with Crippen molar-refractivity contribution in [3.63, 3.8) is 0 Å². The summed E-state index contributed by atoms with van der Waals surface area (Å²) in [4.78, 5) is 114. The largest absolute Gasteiger partial charge is 0.405 e. The van der Waals surface area contributed by atoms with Crippen LogP contribution >= 0.6 is 46.4 Å². The molecule has 0 unspecified atom stereocenters. The number of anilines is 4. The SMILES string of the molecule is CC(C)[C@@H](Nc1ccnc(-c2c[nH]c3ncc(Cl)cc23)n1)C(=O)NCC(F)F.CCNC(=O)[C@H](Nc1ccnc(-c2c[nH]c3ncc(Cl)cc23)n1)C(C)C.O=C(NCC(F)(F)F)C1(Nc2ccnc(-c3c[nH]c4ncc(Cl)cc34)n2)CCC1.O=C(NCC(F)(F)F)[C@@H]1CCN1c1nc(-c2c[nH]c3ncc(Cl)cc23)ncc1F.[HH].[HH].[HH].[HH].[HH].[HH].[HH]. The molecular weight excluding hydrogens is 1570 g/mol. The first-order valence-corrected chi connectivity index (χ1v) is 36.0. The highest BCUT2D eigenvalue weighted by Crippen LogP contribution is 2.38. The van der Waals surface area contributed by atoms with Gasteiger partial charge in [0, 0.05) is 135 Å². The van der Waals surface area contributed by atoms with Gasteiger partial charge in [0.15, 0.2) is 34.9 Å². The van der Waals surface area contributed by atoms with Crippen LogP contribution in [0.2, 0.25) is 20.1 Å². The van der Waals surface area contributed by atoms with Gasteiger partial charge in [-0.2, -0.15) is 26.3 Å². The number of H-pyrrole nitrogens is 4. The summed E-state index contributed by atoms with van der Waals surface area (Å²) in [6.45, 7) is 6.86. The molecule has 13 heterocycles. The van der Waals surface area contributed by atoms with Crippen LogP contribution < -0.4 is 42.1 Å². The molecule has 1 saturated heterocycles. The Balaban J connectivity index is 0.000000327. The highest BCUT2D eigenvalue weighted by atomic mass is 35.5. The Morgan fingerprint density at radius 3 is 1.30 bits per heavy atom. The van der Waals surface area contributed by atoms with E-state index in [9.17, 15) is 58.7 Å². The van der Waals surface area contributed by atoms with Crippen LogP contribution in [-0.2, 0) is 19.2 Å². The second kappa shape index (κ2) is 35.4. The molecule has 1 aliphatic heterocycles. The second-order valence-corrected chi connectivity index (χ2v) is 27.9. The van der Waals surface area contributed by atoms with Crippen molar-refractivity contribution in [3.8, 4) is 45.6 Å².